The van der Waals surface area contributed by atoms with Crippen molar-refractivity contribution in [1.82, 2.24) is 9.80 Å². The number of amides is 1. The van der Waals surface area contributed by atoms with Crippen LogP contribution in [-0.4, -0.2) is 56.1 Å². The lowest BCUT2D eigenvalue weighted by atomic mass is 9.63. The second-order valence-corrected chi connectivity index (χ2v) is 8.20. The van der Waals surface area contributed by atoms with Crippen LogP contribution in [0.5, 0.6) is 11.5 Å². The van der Waals surface area contributed by atoms with Gasteiger partial charge in [-0.1, -0.05) is 24.6 Å². The molecule has 2 aromatic carbocycles. The number of hydrogen-bond donors (Lipinski definition) is 0. The van der Waals surface area contributed by atoms with Gasteiger partial charge in [-0.15, -0.1) is 0 Å². The van der Waals surface area contributed by atoms with E-state index >= 15 is 0 Å². The Balaban J connectivity index is 1.39. The first-order valence-electron chi connectivity index (χ1n) is 10.5. The fourth-order valence-electron chi connectivity index (χ4n) is 4.59. The van der Waals surface area contributed by atoms with E-state index in [-0.39, 0.29) is 11.7 Å². The molecule has 2 aromatic rings. The number of carbonyl (C=O) groups excluding carboxylic acids is 1. The number of carbonyl (C=O) groups is 1. The molecule has 0 aromatic heterocycles. The summed E-state index contributed by atoms with van der Waals surface area (Å²) >= 11 is 0. The summed E-state index contributed by atoms with van der Waals surface area (Å²) in [6.07, 6.45) is 2.63. The predicted molar refractivity (Wildman–Crippen MR) is 113 cm³/mol. The quantitative estimate of drug-likeness (QED) is 0.727. The molecule has 2 fully saturated rings. The summed E-state index contributed by atoms with van der Waals surface area (Å²) in [5.41, 5.74) is 1.45. The van der Waals surface area contributed by atoms with Gasteiger partial charge in [-0.2, -0.15) is 0 Å². The number of benzene rings is 2. The largest absolute Gasteiger partial charge is 0.493 e. The Labute approximate surface area is 177 Å². The third-order valence-corrected chi connectivity index (χ3v) is 6.51. The highest BCUT2D eigenvalue weighted by Crippen LogP contribution is 2.45. The molecule has 1 heterocycles. The van der Waals surface area contributed by atoms with Crippen molar-refractivity contribution in [2.75, 3.05) is 40.4 Å². The minimum Gasteiger partial charge on any atom is -0.493 e. The standard InChI is InChI=1S/C24H29FN2O3/c1-29-21-8-7-18(15-22(21)30-2)17-26-11-13-27(14-12-26)23(28)24(9-4-10-24)19-5-3-6-20(25)16-19/h3,5-8,15-16H,4,9-14,17H2,1-2H3. The maximum Gasteiger partial charge on any atom is 0.233 e. The Bertz CT molecular complexity index is 905. The third kappa shape index (κ3) is 3.88. The molecule has 0 unspecified atom stereocenters. The molecular formula is C24H29FN2O3. The monoisotopic (exact) mass is 412 g/mol. The first kappa shape index (κ1) is 20.7. The molecule has 30 heavy (non-hydrogen) atoms. The highest BCUT2D eigenvalue weighted by Gasteiger charge is 2.48. The second-order valence-electron chi connectivity index (χ2n) is 8.20. The molecule has 0 atom stereocenters. The van der Waals surface area contributed by atoms with Crippen LogP contribution in [0.1, 0.15) is 30.4 Å². The summed E-state index contributed by atoms with van der Waals surface area (Å²) in [4.78, 5) is 17.7. The minimum atomic E-state index is -0.534. The lowest BCUT2D eigenvalue weighted by Gasteiger charge is -2.46. The third-order valence-electron chi connectivity index (χ3n) is 6.51. The summed E-state index contributed by atoms with van der Waals surface area (Å²) in [5, 5.41) is 0. The van der Waals surface area contributed by atoms with Crippen molar-refractivity contribution in [3.8, 4) is 11.5 Å². The van der Waals surface area contributed by atoms with Gasteiger partial charge in [0.25, 0.3) is 0 Å². The average molecular weight is 413 g/mol. The Kier molecular flexibility index (Phi) is 5.95. The molecule has 1 saturated heterocycles. The summed E-state index contributed by atoms with van der Waals surface area (Å²) < 4.78 is 24.5. The van der Waals surface area contributed by atoms with Crippen LogP contribution in [-0.2, 0) is 16.8 Å². The van der Waals surface area contributed by atoms with E-state index in [1.165, 1.54) is 12.1 Å². The second kappa shape index (κ2) is 8.64. The number of rotatable bonds is 6. The predicted octanol–water partition coefficient (Wildman–Crippen LogP) is 3.61. The maximum absolute atomic E-state index is 13.8. The normalized spacial score (nSPS) is 18.6. The van der Waals surface area contributed by atoms with Crippen molar-refractivity contribution in [3.63, 3.8) is 0 Å². The molecule has 0 radical (unpaired) electrons. The number of ether oxygens (including phenoxy) is 2. The van der Waals surface area contributed by atoms with Gasteiger partial charge in [0.2, 0.25) is 5.91 Å². The van der Waals surface area contributed by atoms with Gasteiger partial charge < -0.3 is 14.4 Å². The fourth-order valence-corrected chi connectivity index (χ4v) is 4.59. The Hall–Kier alpha value is -2.60. The molecule has 6 heteroatoms. The van der Waals surface area contributed by atoms with Gasteiger partial charge in [0.15, 0.2) is 11.5 Å². The molecular weight excluding hydrogens is 383 g/mol. The topological polar surface area (TPSA) is 42.0 Å². The molecule has 4 rings (SSSR count). The van der Waals surface area contributed by atoms with E-state index in [9.17, 15) is 9.18 Å². The van der Waals surface area contributed by atoms with Crippen molar-refractivity contribution < 1.29 is 18.7 Å². The van der Waals surface area contributed by atoms with Crippen molar-refractivity contribution in [3.05, 3.63) is 59.4 Å². The summed E-state index contributed by atoms with van der Waals surface area (Å²) in [6, 6.07) is 12.5. The van der Waals surface area contributed by atoms with E-state index in [1.807, 2.05) is 29.2 Å². The number of halogens is 1. The lowest BCUT2D eigenvalue weighted by Crippen LogP contribution is -2.56. The van der Waals surface area contributed by atoms with E-state index < -0.39 is 5.41 Å². The summed E-state index contributed by atoms with van der Waals surface area (Å²) in [7, 11) is 3.27. The van der Waals surface area contributed by atoms with Crippen LogP contribution in [0.4, 0.5) is 4.39 Å². The van der Waals surface area contributed by atoms with Gasteiger partial charge >= 0.3 is 0 Å². The molecule has 160 valence electrons. The maximum atomic E-state index is 13.8. The van der Waals surface area contributed by atoms with Crippen LogP contribution in [0.25, 0.3) is 0 Å². The lowest BCUT2D eigenvalue weighted by molar-refractivity contribution is -0.142. The number of hydrogen-bond acceptors (Lipinski definition) is 4. The van der Waals surface area contributed by atoms with E-state index in [2.05, 4.69) is 4.90 Å². The van der Waals surface area contributed by atoms with Crippen molar-refractivity contribution in [2.45, 2.75) is 31.2 Å². The Morgan fingerprint density at radius 3 is 2.33 bits per heavy atom. The van der Waals surface area contributed by atoms with Crippen molar-refractivity contribution in [2.24, 2.45) is 0 Å². The first-order valence-corrected chi connectivity index (χ1v) is 10.5. The smallest absolute Gasteiger partial charge is 0.233 e. The zero-order valence-corrected chi connectivity index (χ0v) is 17.7. The van der Waals surface area contributed by atoms with Crippen LogP contribution in [0.3, 0.4) is 0 Å². The number of methoxy groups -OCH3 is 2. The zero-order valence-electron chi connectivity index (χ0n) is 17.7. The van der Waals surface area contributed by atoms with E-state index in [0.29, 0.717) is 13.1 Å². The van der Waals surface area contributed by atoms with Gasteiger partial charge in [-0.25, -0.2) is 4.39 Å². The van der Waals surface area contributed by atoms with Gasteiger partial charge in [0, 0.05) is 32.7 Å². The molecule has 0 bridgehead atoms. The molecule has 1 saturated carbocycles. The first-order chi connectivity index (χ1) is 14.6. The van der Waals surface area contributed by atoms with Gasteiger partial charge in [0.1, 0.15) is 5.82 Å². The number of piperazine rings is 1. The molecule has 0 N–H and O–H groups in total. The fraction of sp³-hybridized carbons (Fsp3) is 0.458. The Morgan fingerprint density at radius 2 is 1.73 bits per heavy atom. The van der Waals surface area contributed by atoms with Crippen LogP contribution in [0.2, 0.25) is 0 Å². The molecule has 1 aliphatic carbocycles. The molecule has 0 spiro atoms. The SMILES string of the molecule is COc1ccc(CN2CCN(C(=O)C3(c4cccc(F)c4)CCC3)CC2)cc1OC. The van der Waals surface area contributed by atoms with E-state index in [0.717, 1.165) is 61.5 Å². The highest BCUT2D eigenvalue weighted by molar-refractivity contribution is 5.89. The average Bonchev–Trinajstić information content (AvgIpc) is 2.73. The van der Waals surface area contributed by atoms with E-state index in [4.69, 9.17) is 9.47 Å². The van der Waals surface area contributed by atoms with Gasteiger partial charge in [-0.05, 0) is 48.2 Å². The summed E-state index contributed by atoms with van der Waals surface area (Å²) in [6.45, 7) is 3.84. The molecule has 2 aliphatic rings. The highest BCUT2D eigenvalue weighted by atomic mass is 19.1. The van der Waals surface area contributed by atoms with Gasteiger partial charge in [-0.3, -0.25) is 9.69 Å². The van der Waals surface area contributed by atoms with Crippen molar-refractivity contribution in [1.29, 1.82) is 0 Å². The van der Waals surface area contributed by atoms with Crippen LogP contribution in [0.15, 0.2) is 42.5 Å². The van der Waals surface area contributed by atoms with Crippen LogP contribution >= 0.6 is 0 Å². The van der Waals surface area contributed by atoms with Crippen LogP contribution < -0.4 is 9.47 Å². The molecule has 5 nitrogen and oxygen atoms in total. The van der Waals surface area contributed by atoms with Crippen molar-refractivity contribution >= 4 is 5.91 Å². The molecule has 1 aliphatic heterocycles. The number of nitrogens with zero attached hydrogens (tertiary/aromatic N) is 2. The van der Waals surface area contributed by atoms with E-state index in [1.54, 1.807) is 20.3 Å². The minimum absolute atomic E-state index is 0.158. The summed E-state index contributed by atoms with van der Waals surface area (Å²) in [5.74, 6) is 1.34. The van der Waals surface area contributed by atoms with Gasteiger partial charge in [0.05, 0.1) is 19.6 Å². The molecule has 1 amide bonds. The zero-order chi connectivity index (χ0) is 21.1. The van der Waals surface area contributed by atoms with Crippen LogP contribution in [0, 0.1) is 5.82 Å². The Morgan fingerprint density at radius 1 is 1.00 bits per heavy atom.